The van der Waals surface area contributed by atoms with Gasteiger partial charge in [0.2, 0.25) is 0 Å². The molecule has 1 aliphatic rings. The maximum atomic E-state index is 6.51. The van der Waals surface area contributed by atoms with Crippen LogP contribution in [0.3, 0.4) is 0 Å². The van der Waals surface area contributed by atoms with Crippen LogP contribution in [0.15, 0.2) is 83.5 Å². The molecule has 4 aromatic carbocycles. The molecule has 1 aliphatic heterocycles. The van der Waals surface area contributed by atoms with E-state index >= 15 is 0 Å². The summed E-state index contributed by atoms with van der Waals surface area (Å²) in [7, 11) is 0. The number of benzene rings is 4. The first-order valence-corrected chi connectivity index (χ1v) is 14.5. The van der Waals surface area contributed by atoms with Gasteiger partial charge in [0.25, 0.3) is 0 Å². The minimum absolute atomic E-state index is 0. The number of oxazole rings is 1. The normalized spacial score (nSPS) is 12.6. The molecule has 6 rings (SSSR count). The standard InChI is InChI=1S/C38H36N3O.Pt/c1-25-19-27(3)35(28(4)20-25)32-13-10-14-33(23-32)41-18-17-40(24-41)16-15-34-39-37(31-11-8-7-9-12-31)38(42-34)36-29(5)21-26(2)22-30(36)6;/h7-11,13,17-24H,15-16H2,1-6H3;/q-3;. The molecule has 1 aromatic heterocycles. The second-order valence-electron chi connectivity index (χ2n) is 11.4. The van der Waals surface area contributed by atoms with Crippen molar-refractivity contribution in [2.24, 2.45) is 0 Å². The molecule has 0 aliphatic carbocycles. The van der Waals surface area contributed by atoms with Crippen LogP contribution >= 0.6 is 0 Å². The van der Waals surface area contributed by atoms with Gasteiger partial charge in [-0.2, -0.15) is 24.9 Å². The van der Waals surface area contributed by atoms with E-state index in [2.05, 4.69) is 119 Å². The summed E-state index contributed by atoms with van der Waals surface area (Å²) in [5.41, 5.74) is 13.9. The number of hydrogen-bond donors (Lipinski definition) is 0. The van der Waals surface area contributed by atoms with E-state index in [1.807, 2.05) is 30.3 Å². The summed E-state index contributed by atoms with van der Waals surface area (Å²) >= 11 is 0. The third-order valence-corrected chi connectivity index (χ3v) is 7.85. The summed E-state index contributed by atoms with van der Waals surface area (Å²) in [5, 5.41) is 0. The fraction of sp³-hybridized carbons (Fsp3) is 0.211. The van der Waals surface area contributed by atoms with Crippen LogP contribution in [0.1, 0.15) is 39.3 Å². The Balaban J connectivity index is 0.00000368. The van der Waals surface area contributed by atoms with Crippen LogP contribution in [-0.4, -0.2) is 16.4 Å². The first-order chi connectivity index (χ1) is 20.3. The molecule has 0 saturated heterocycles. The van der Waals surface area contributed by atoms with Crippen molar-refractivity contribution in [2.75, 3.05) is 11.4 Å². The van der Waals surface area contributed by atoms with Gasteiger partial charge in [-0.05, 0) is 88.3 Å². The molecule has 0 fully saturated rings. The zero-order valence-electron chi connectivity index (χ0n) is 25.6. The van der Waals surface area contributed by atoms with Crippen molar-refractivity contribution >= 4 is 5.69 Å². The number of aryl methyl sites for hydroxylation is 6. The van der Waals surface area contributed by atoms with E-state index in [1.54, 1.807) is 0 Å². The fourth-order valence-corrected chi connectivity index (χ4v) is 6.19. The van der Waals surface area contributed by atoms with E-state index < -0.39 is 0 Å². The van der Waals surface area contributed by atoms with E-state index in [0.29, 0.717) is 6.42 Å². The number of rotatable bonds is 7. The maximum Gasteiger partial charge on any atom is 0.186 e. The van der Waals surface area contributed by atoms with Gasteiger partial charge in [0, 0.05) is 38.7 Å². The number of anilines is 1. The van der Waals surface area contributed by atoms with Gasteiger partial charge in [0.1, 0.15) is 5.76 Å². The van der Waals surface area contributed by atoms with Crippen LogP contribution in [0, 0.1) is 60.3 Å². The maximum absolute atomic E-state index is 6.51. The van der Waals surface area contributed by atoms with E-state index in [4.69, 9.17) is 9.40 Å². The zero-order chi connectivity index (χ0) is 29.4. The summed E-state index contributed by atoms with van der Waals surface area (Å²) < 4.78 is 6.51. The van der Waals surface area contributed by atoms with Crippen molar-refractivity contribution in [3.05, 3.63) is 137 Å². The minimum Gasteiger partial charge on any atom is -0.507 e. The van der Waals surface area contributed by atoms with Crippen LogP contribution in [0.2, 0.25) is 0 Å². The van der Waals surface area contributed by atoms with Gasteiger partial charge >= 0.3 is 0 Å². The SMILES string of the molecule is Cc1cc(C)c(-c2cc[c-]c(N3C=CN(CCc4nc(-c5[c-]cccc5)c(-c5c(C)cc(C)cc5C)o4)[CH-]3)c2)c(C)c1.[Pt]. The van der Waals surface area contributed by atoms with Crippen molar-refractivity contribution in [2.45, 2.75) is 48.0 Å². The molecule has 0 unspecified atom stereocenters. The van der Waals surface area contributed by atoms with Crippen molar-refractivity contribution < 1.29 is 25.5 Å². The fourth-order valence-electron chi connectivity index (χ4n) is 6.19. The van der Waals surface area contributed by atoms with Crippen molar-refractivity contribution in [3.63, 3.8) is 0 Å². The van der Waals surface area contributed by atoms with Gasteiger partial charge in [-0.25, -0.2) is 0 Å². The summed E-state index contributed by atoms with van der Waals surface area (Å²) in [6, 6.07) is 30.0. The monoisotopic (exact) mass is 745 g/mol. The smallest absolute Gasteiger partial charge is 0.186 e. The Hall–Kier alpha value is -3.88. The molecule has 0 N–H and O–H groups in total. The van der Waals surface area contributed by atoms with Gasteiger partial charge in [0.05, 0.1) is 0 Å². The van der Waals surface area contributed by atoms with Gasteiger partial charge in [-0.1, -0.05) is 35.4 Å². The molecule has 0 bridgehead atoms. The predicted octanol–water partition coefficient (Wildman–Crippen LogP) is 9.08. The number of nitrogens with zero attached hydrogens (tertiary/aromatic N) is 3. The van der Waals surface area contributed by atoms with E-state index in [-0.39, 0.29) is 21.1 Å². The van der Waals surface area contributed by atoms with E-state index in [0.717, 1.165) is 40.7 Å². The molecule has 43 heavy (non-hydrogen) atoms. The zero-order valence-corrected chi connectivity index (χ0v) is 27.8. The average molecular weight is 746 g/mol. The Morgan fingerprint density at radius 3 is 2.09 bits per heavy atom. The van der Waals surface area contributed by atoms with E-state index in [1.165, 1.54) is 44.5 Å². The van der Waals surface area contributed by atoms with Crippen molar-refractivity contribution in [1.82, 2.24) is 9.88 Å². The topological polar surface area (TPSA) is 32.5 Å². The Morgan fingerprint density at radius 2 is 1.44 bits per heavy atom. The van der Waals surface area contributed by atoms with Crippen molar-refractivity contribution in [1.29, 1.82) is 0 Å². The Labute approximate surface area is 270 Å². The summed E-state index contributed by atoms with van der Waals surface area (Å²) in [6.07, 6.45) is 4.84. The molecule has 222 valence electrons. The first-order valence-electron chi connectivity index (χ1n) is 14.5. The molecular weight excluding hydrogens is 710 g/mol. The molecule has 0 saturated carbocycles. The second-order valence-corrected chi connectivity index (χ2v) is 11.4. The molecule has 0 amide bonds. The predicted molar refractivity (Wildman–Crippen MR) is 172 cm³/mol. The van der Waals surface area contributed by atoms with Gasteiger partial charge in [-0.3, -0.25) is 4.98 Å². The van der Waals surface area contributed by atoms with E-state index in [9.17, 15) is 0 Å². The summed E-state index contributed by atoms with van der Waals surface area (Å²) in [5.74, 6) is 1.54. The van der Waals surface area contributed by atoms with Gasteiger partial charge < -0.3 is 14.2 Å². The Morgan fingerprint density at radius 1 is 0.767 bits per heavy atom. The van der Waals surface area contributed by atoms with Crippen LogP contribution in [0.4, 0.5) is 5.69 Å². The minimum atomic E-state index is 0. The molecule has 0 radical (unpaired) electrons. The van der Waals surface area contributed by atoms with Gasteiger partial charge in [-0.15, -0.1) is 53.2 Å². The summed E-state index contributed by atoms with van der Waals surface area (Å²) in [6.45, 7) is 15.8. The van der Waals surface area contributed by atoms with Crippen LogP contribution in [-0.2, 0) is 27.5 Å². The van der Waals surface area contributed by atoms with Crippen LogP contribution in [0.5, 0.6) is 0 Å². The third kappa shape index (κ3) is 6.40. The molecule has 4 nitrogen and oxygen atoms in total. The van der Waals surface area contributed by atoms with Crippen LogP contribution < -0.4 is 4.90 Å². The number of hydrogen-bond acceptors (Lipinski definition) is 4. The second kappa shape index (κ2) is 12.8. The number of aromatic nitrogens is 1. The largest absolute Gasteiger partial charge is 0.507 e. The van der Waals surface area contributed by atoms with Crippen LogP contribution in [0.25, 0.3) is 33.7 Å². The molecule has 2 heterocycles. The average Bonchev–Trinajstić information content (AvgIpc) is 3.59. The molecule has 0 atom stereocenters. The summed E-state index contributed by atoms with van der Waals surface area (Å²) in [4.78, 5) is 9.27. The Kier molecular flexibility index (Phi) is 9.08. The van der Waals surface area contributed by atoms with Crippen molar-refractivity contribution in [3.8, 4) is 33.7 Å². The van der Waals surface area contributed by atoms with Gasteiger partial charge in [0.15, 0.2) is 5.89 Å². The molecular formula is C38H36N3OPt-3. The molecule has 5 heteroatoms. The molecule has 5 aromatic rings. The Bertz CT molecular complexity index is 1740. The third-order valence-electron chi connectivity index (χ3n) is 7.85. The first kappa shape index (κ1) is 30.6. The quantitative estimate of drug-likeness (QED) is 0.156. The molecule has 0 spiro atoms.